The van der Waals surface area contributed by atoms with Crippen LogP contribution in [0.1, 0.15) is 37.7 Å². The van der Waals surface area contributed by atoms with Crippen molar-refractivity contribution in [2.75, 3.05) is 6.61 Å². The Bertz CT molecular complexity index is 784. The number of carbonyl (C=O) groups excluding carboxylic acids is 1. The third-order valence-electron chi connectivity index (χ3n) is 3.37. The molecule has 1 aliphatic heterocycles. The number of nitrogens with zero attached hydrogens (tertiary/aromatic N) is 2. The molecule has 0 unspecified atom stereocenters. The van der Waals surface area contributed by atoms with E-state index in [-0.39, 0.29) is 5.97 Å². The van der Waals surface area contributed by atoms with Crippen molar-refractivity contribution in [3.8, 4) is 0 Å². The molecule has 0 spiro atoms. The molecular formula is C16H17N3O2. The Morgan fingerprint density at radius 1 is 1.29 bits per heavy atom. The summed E-state index contributed by atoms with van der Waals surface area (Å²) in [4.78, 5) is 24.2. The minimum Gasteiger partial charge on any atom is -0.461 e. The Labute approximate surface area is 122 Å². The van der Waals surface area contributed by atoms with Crippen LogP contribution in [0.2, 0.25) is 0 Å². The average Bonchev–Trinajstić information content (AvgIpc) is 2.79. The molecule has 0 bridgehead atoms. The van der Waals surface area contributed by atoms with Crippen molar-refractivity contribution in [1.82, 2.24) is 4.98 Å². The third kappa shape index (κ3) is 2.46. The van der Waals surface area contributed by atoms with E-state index in [1.54, 1.807) is 13.0 Å². The van der Waals surface area contributed by atoms with Gasteiger partial charge in [0.25, 0.3) is 0 Å². The van der Waals surface area contributed by atoms with Crippen LogP contribution in [0.25, 0.3) is 10.9 Å². The molecule has 5 nitrogen and oxygen atoms in total. The van der Waals surface area contributed by atoms with Crippen molar-refractivity contribution in [3.05, 3.63) is 23.9 Å². The fourth-order valence-electron chi connectivity index (χ4n) is 2.54. The summed E-state index contributed by atoms with van der Waals surface area (Å²) in [6.07, 6.45) is 0.765. The molecule has 0 atom stereocenters. The molecule has 0 radical (unpaired) electrons. The topological polar surface area (TPSA) is 66.8 Å². The predicted molar refractivity (Wildman–Crippen MR) is 84.4 cm³/mol. The second-order valence-corrected chi connectivity index (χ2v) is 5.17. The lowest BCUT2D eigenvalue weighted by Gasteiger charge is -2.01. The van der Waals surface area contributed by atoms with Crippen LogP contribution in [0.3, 0.4) is 0 Å². The van der Waals surface area contributed by atoms with E-state index < -0.39 is 0 Å². The first-order chi connectivity index (χ1) is 10.1. The number of aliphatic imine (C=N–C) groups is 2. The maximum absolute atomic E-state index is 11.8. The molecule has 3 rings (SSSR count). The SMILES string of the molecule is CCOC(=O)c1cc2ccc3c(c2[nH]1)N=C(C)CC(C)=N3. The number of hydrogen-bond donors (Lipinski definition) is 1. The molecule has 108 valence electrons. The first kappa shape index (κ1) is 13.5. The number of carbonyl (C=O) groups is 1. The van der Waals surface area contributed by atoms with E-state index in [0.717, 1.165) is 40.1 Å². The van der Waals surface area contributed by atoms with Crippen LogP contribution in [0.5, 0.6) is 0 Å². The number of benzene rings is 1. The molecule has 5 heteroatoms. The molecule has 0 saturated heterocycles. The summed E-state index contributed by atoms with van der Waals surface area (Å²) < 4.78 is 5.03. The molecule has 0 saturated carbocycles. The number of H-pyrrole nitrogens is 1. The number of hydrogen-bond acceptors (Lipinski definition) is 4. The van der Waals surface area contributed by atoms with Gasteiger partial charge in [-0.25, -0.2) is 4.79 Å². The Balaban J connectivity index is 2.20. The fourth-order valence-corrected chi connectivity index (χ4v) is 2.54. The molecule has 1 aromatic carbocycles. The van der Waals surface area contributed by atoms with Gasteiger partial charge in [0.15, 0.2) is 0 Å². The number of fused-ring (bicyclic) bond motifs is 3. The van der Waals surface area contributed by atoms with Gasteiger partial charge in [-0.1, -0.05) is 6.07 Å². The van der Waals surface area contributed by atoms with Gasteiger partial charge in [-0.2, -0.15) is 0 Å². The van der Waals surface area contributed by atoms with Crippen LogP contribution in [0, 0.1) is 0 Å². The van der Waals surface area contributed by atoms with Gasteiger partial charge in [0.1, 0.15) is 11.4 Å². The number of rotatable bonds is 2. The highest BCUT2D eigenvalue weighted by molar-refractivity contribution is 6.10. The van der Waals surface area contributed by atoms with E-state index in [2.05, 4.69) is 15.0 Å². The second kappa shape index (κ2) is 5.16. The molecule has 0 aliphatic carbocycles. The van der Waals surface area contributed by atoms with Gasteiger partial charge in [-0.05, 0) is 32.9 Å². The van der Waals surface area contributed by atoms with Crippen molar-refractivity contribution in [2.45, 2.75) is 27.2 Å². The summed E-state index contributed by atoms with van der Waals surface area (Å²) in [5.74, 6) is -0.351. The summed E-state index contributed by atoms with van der Waals surface area (Å²) in [5.41, 5.74) is 4.93. The summed E-state index contributed by atoms with van der Waals surface area (Å²) in [6.45, 7) is 6.13. The second-order valence-electron chi connectivity index (χ2n) is 5.17. The Morgan fingerprint density at radius 2 is 2.05 bits per heavy atom. The highest BCUT2D eigenvalue weighted by atomic mass is 16.5. The van der Waals surface area contributed by atoms with Gasteiger partial charge in [0, 0.05) is 23.2 Å². The van der Waals surface area contributed by atoms with E-state index >= 15 is 0 Å². The van der Waals surface area contributed by atoms with E-state index in [1.165, 1.54) is 0 Å². The smallest absolute Gasteiger partial charge is 0.354 e. The minimum atomic E-state index is -0.351. The van der Waals surface area contributed by atoms with E-state index in [4.69, 9.17) is 4.74 Å². The van der Waals surface area contributed by atoms with Gasteiger partial charge < -0.3 is 9.72 Å². The molecule has 2 heterocycles. The van der Waals surface area contributed by atoms with Gasteiger partial charge >= 0.3 is 5.97 Å². The number of ether oxygens (including phenoxy) is 1. The van der Waals surface area contributed by atoms with Crippen molar-refractivity contribution in [1.29, 1.82) is 0 Å². The average molecular weight is 283 g/mol. The minimum absolute atomic E-state index is 0.351. The summed E-state index contributed by atoms with van der Waals surface area (Å²) in [6, 6.07) is 5.67. The molecular weight excluding hydrogens is 266 g/mol. The van der Waals surface area contributed by atoms with Gasteiger partial charge in [-0.15, -0.1) is 0 Å². The number of esters is 1. The zero-order valence-corrected chi connectivity index (χ0v) is 12.4. The van der Waals surface area contributed by atoms with Gasteiger partial charge in [-0.3, -0.25) is 9.98 Å². The molecule has 0 fully saturated rings. The molecule has 0 amide bonds. The van der Waals surface area contributed by atoms with E-state index in [1.807, 2.05) is 26.0 Å². The molecule has 2 aromatic rings. The van der Waals surface area contributed by atoms with Crippen LogP contribution in [-0.2, 0) is 4.74 Å². The lowest BCUT2D eigenvalue weighted by atomic mass is 10.2. The number of aromatic amines is 1. The Hall–Kier alpha value is -2.43. The molecule has 1 aliphatic rings. The largest absolute Gasteiger partial charge is 0.461 e. The first-order valence-electron chi connectivity index (χ1n) is 6.99. The van der Waals surface area contributed by atoms with Crippen LogP contribution in [0.15, 0.2) is 28.2 Å². The fraction of sp³-hybridized carbons (Fsp3) is 0.312. The van der Waals surface area contributed by atoms with E-state index in [9.17, 15) is 4.79 Å². The Kier molecular flexibility index (Phi) is 3.33. The maximum atomic E-state index is 11.8. The highest BCUT2D eigenvalue weighted by Crippen LogP contribution is 2.37. The Morgan fingerprint density at radius 3 is 2.81 bits per heavy atom. The van der Waals surface area contributed by atoms with Crippen LogP contribution in [0.4, 0.5) is 11.4 Å². The van der Waals surface area contributed by atoms with Gasteiger partial charge in [0.2, 0.25) is 0 Å². The third-order valence-corrected chi connectivity index (χ3v) is 3.37. The summed E-state index contributed by atoms with van der Waals surface area (Å²) in [5, 5.41) is 0.933. The number of aromatic nitrogens is 1. The molecule has 1 N–H and O–H groups in total. The normalized spacial score (nSPS) is 14.2. The molecule has 21 heavy (non-hydrogen) atoms. The zero-order chi connectivity index (χ0) is 15.0. The van der Waals surface area contributed by atoms with Crippen molar-refractivity contribution >= 4 is 39.7 Å². The van der Waals surface area contributed by atoms with Gasteiger partial charge in [0.05, 0.1) is 17.8 Å². The van der Waals surface area contributed by atoms with Crippen LogP contribution < -0.4 is 0 Å². The quantitative estimate of drug-likeness (QED) is 0.848. The van der Waals surface area contributed by atoms with Crippen LogP contribution in [-0.4, -0.2) is 29.0 Å². The lowest BCUT2D eigenvalue weighted by Crippen LogP contribution is -2.04. The van der Waals surface area contributed by atoms with Crippen molar-refractivity contribution in [2.24, 2.45) is 9.98 Å². The van der Waals surface area contributed by atoms with Crippen LogP contribution >= 0.6 is 0 Å². The first-order valence-corrected chi connectivity index (χ1v) is 6.99. The number of nitrogens with one attached hydrogen (secondary N) is 1. The van der Waals surface area contributed by atoms with Crippen molar-refractivity contribution in [3.63, 3.8) is 0 Å². The summed E-state index contributed by atoms with van der Waals surface area (Å²) in [7, 11) is 0. The van der Waals surface area contributed by atoms with E-state index in [0.29, 0.717) is 12.3 Å². The highest BCUT2D eigenvalue weighted by Gasteiger charge is 2.16. The maximum Gasteiger partial charge on any atom is 0.354 e. The monoisotopic (exact) mass is 283 g/mol. The lowest BCUT2D eigenvalue weighted by molar-refractivity contribution is 0.0520. The predicted octanol–water partition coefficient (Wildman–Crippen LogP) is 3.93. The van der Waals surface area contributed by atoms with Crippen molar-refractivity contribution < 1.29 is 9.53 Å². The standard InChI is InChI=1S/C16H17N3O2/c1-4-21-16(20)13-8-11-5-6-12-15(14(11)19-13)18-10(3)7-9(2)17-12/h5-6,8,19H,4,7H2,1-3H3. The summed E-state index contributed by atoms with van der Waals surface area (Å²) >= 11 is 0. The molecule has 1 aromatic heterocycles. The zero-order valence-electron chi connectivity index (χ0n) is 12.4.